The van der Waals surface area contributed by atoms with Crippen LogP contribution in [0.5, 0.6) is 0 Å². The minimum Gasteiger partial charge on any atom is -0.384 e. The van der Waals surface area contributed by atoms with Crippen LogP contribution in [0.4, 0.5) is 0 Å². The number of aromatic nitrogens is 1. The van der Waals surface area contributed by atoms with E-state index in [2.05, 4.69) is 4.98 Å². The van der Waals surface area contributed by atoms with Crippen molar-refractivity contribution in [3.63, 3.8) is 0 Å². The Hall–Kier alpha value is -1.67. The number of nitrogens with zero attached hydrogens (tertiary/aromatic N) is 1. The van der Waals surface area contributed by atoms with Gasteiger partial charge in [0, 0.05) is 12.4 Å². The largest absolute Gasteiger partial charge is 0.384 e. The lowest BCUT2D eigenvalue weighted by Crippen LogP contribution is -1.99. The van der Waals surface area contributed by atoms with Crippen molar-refractivity contribution in [1.82, 2.24) is 4.98 Å². The summed E-state index contributed by atoms with van der Waals surface area (Å²) in [5.74, 6) is 0. The lowest BCUT2D eigenvalue weighted by atomic mass is 10.0. The van der Waals surface area contributed by atoms with Crippen LogP contribution in [0.1, 0.15) is 22.8 Å². The summed E-state index contributed by atoms with van der Waals surface area (Å²) < 4.78 is 0. The van der Waals surface area contributed by atoms with Crippen LogP contribution in [0.15, 0.2) is 48.8 Å². The van der Waals surface area contributed by atoms with Gasteiger partial charge in [-0.1, -0.05) is 29.8 Å². The number of hydrogen-bond donors (Lipinski definition) is 1. The summed E-state index contributed by atoms with van der Waals surface area (Å²) in [6.45, 7) is 2.02. The van der Waals surface area contributed by atoms with Crippen LogP contribution in [-0.2, 0) is 0 Å². The first kappa shape index (κ1) is 9.87. The van der Waals surface area contributed by atoms with Gasteiger partial charge in [0.15, 0.2) is 0 Å². The Morgan fingerprint density at radius 3 is 2.47 bits per heavy atom. The van der Waals surface area contributed by atoms with E-state index in [9.17, 15) is 5.11 Å². The van der Waals surface area contributed by atoms with E-state index in [1.165, 1.54) is 0 Å². The molecular weight excluding hydrogens is 186 g/mol. The lowest BCUT2D eigenvalue weighted by molar-refractivity contribution is 0.220. The molecule has 0 aliphatic heterocycles. The third kappa shape index (κ3) is 2.22. The standard InChI is InChI=1S/C13H13NO/c1-10-3-2-4-12(9-10)13(15)11-5-7-14-8-6-11/h2-9,13,15H,1H3/t13-/m1/s1. The molecule has 1 atom stereocenters. The van der Waals surface area contributed by atoms with Crippen LogP contribution in [0, 0.1) is 6.92 Å². The summed E-state index contributed by atoms with van der Waals surface area (Å²) in [5.41, 5.74) is 2.94. The van der Waals surface area contributed by atoms with E-state index in [1.54, 1.807) is 12.4 Å². The van der Waals surface area contributed by atoms with Gasteiger partial charge in [0.1, 0.15) is 6.10 Å². The fourth-order valence-electron chi connectivity index (χ4n) is 1.58. The summed E-state index contributed by atoms with van der Waals surface area (Å²) >= 11 is 0. The maximum atomic E-state index is 10.1. The van der Waals surface area contributed by atoms with Crippen LogP contribution in [-0.4, -0.2) is 10.1 Å². The Labute approximate surface area is 89.2 Å². The first-order chi connectivity index (χ1) is 7.27. The first-order valence-electron chi connectivity index (χ1n) is 4.92. The smallest absolute Gasteiger partial charge is 0.104 e. The molecule has 0 aliphatic rings. The molecule has 76 valence electrons. The van der Waals surface area contributed by atoms with Crippen LogP contribution >= 0.6 is 0 Å². The number of pyridine rings is 1. The molecule has 0 fully saturated rings. The maximum Gasteiger partial charge on any atom is 0.104 e. The highest BCUT2D eigenvalue weighted by molar-refractivity contribution is 5.31. The van der Waals surface area contributed by atoms with E-state index < -0.39 is 6.10 Å². The molecule has 2 rings (SSSR count). The van der Waals surface area contributed by atoms with Crippen molar-refractivity contribution in [2.24, 2.45) is 0 Å². The molecule has 1 N–H and O–H groups in total. The third-order valence-electron chi connectivity index (χ3n) is 2.38. The highest BCUT2D eigenvalue weighted by Gasteiger charge is 2.09. The molecule has 0 unspecified atom stereocenters. The monoisotopic (exact) mass is 199 g/mol. The minimum absolute atomic E-state index is 0.562. The Balaban J connectivity index is 2.32. The minimum atomic E-state index is -0.562. The third-order valence-corrected chi connectivity index (χ3v) is 2.38. The molecule has 2 heteroatoms. The predicted octanol–water partition coefficient (Wildman–Crippen LogP) is 2.47. The normalized spacial score (nSPS) is 12.4. The molecule has 0 saturated heterocycles. The SMILES string of the molecule is Cc1cccc([C@H](O)c2ccncc2)c1. The highest BCUT2D eigenvalue weighted by Crippen LogP contribution is 2.21. The van der Waals surface area contributed by atoms with Gasteiger partial charge in [0.05, 0.1) is 0 Å². The van der Waals surface area contributed by atoms with Crippen LogP contribution in [0.3, 0.4) is 0 Å². The Morgan fingerprint density at radius 2 is 1.80 bits per heavy atom. The van der Waals surface area contributed by atoms with E-state index >= 15 is 0 Å². The molecule has 0 saturated carbocycles. The molecule has 1 heterocycles. The second-order valence-corrected chi connectivity index (χ2v) is 3.60. The first-order valence-corrected chi connectivity index (χ1v) is 4.92. The molecule has 15 heavy (non-hydrogen) atoms. The average molecular weight is 199 g/mol. The van der Waals surface area contributed by atoms with E-state index in [0.717, 1.165) is 16.7 Å². The molecule has 0 bridgehead atoms. The van der Waals surface area contributed by atoms with Gasteiger partial charge in [-0.15, -0.1) is 0 Å². The summed E-state index contributed by atoms with van der Waals surface area (Å²) in [5, 5.41) is 10.1. The molecule has 1 aromatic carbocycles. The van der Waals surface area contributed by atoms with Gasteiger partial charge < -0.3 is 5.11 Å². The zero-order chi connectivity index (χ0) is 10.7. The second-order valence-electron chi connectivity index (χ2n) is 3.60. The van der Waals surface area contributed by atoms with Crippen molar-refractivity contribution in [1.29, 1.82) is 0 Å². The van der Waals surface area contributed by atoms with Crippen molar-refractivity contribution < 1.29 is 5.11 Å². The molecule has 2 nitrogen and oxygen atoms in total. The van der Waals surface area contributed by atoms with Gasteiger partial charge in [-0.05, 0) is 30.2 Å². The molecule has 0 amide bonds. The topological polar surface area (TPSA) is 33.1 Å². The van der Waals surface area contributed by atoms with Crippen LogP contribution in [0.25, 0.3) is 0 Å². The summed E-state index contributed by atoms with van der Waals surface area (Å²) in [4.78, 5) is 3.93. The van der Waals surface area contributed by atoms with Gasteiger partial charge in [-0.2, -0.15) is 0 Å². The summed E-state index contributed by atoms with van der Waals surface area (Å²) in [6, 6.07) is 11.5. The van der Waals surface area contributed by atoms with Crippen LogP contribution < -0.4 is 0 Å². The van der Waals surface area contributed by atoms with E-state index in [1.807, 2.05) is 43.3 Å². The van der Waals surface area contributed by atoms with Gasteiger partial charge in [0.25, 0.3) is 0 Å². The quantitative estimate of drug-likeness (QED) is 0.806. The van der Waals surface area contributed by atoms with Crippen molar-refractivity contribution >= 4 is 0 Å². The average Bonchev–Trinajstić information content (AvgIpc) is 2.29. The highest BCUT2D eigenvalue weighted by atomic mass is 16.3. The van der Waals surface area contributed by atoms with Crippen molar-refractivity contribution in [3.8, 4) is 0 Å². The predicted molar refractivity (Wildman–Crippen MR) is 59.5 cm³/mol. The Kier molecular flexibility index (Phi) is 2.79. The molecular formula is C13H13NO. The summed E-state index contributed by atoms with van der Waals surface area (Å²) in [7, 11) is 0. The maximum absolute atomic E-state index is 10.1. The molecule has 2 aromatic rings. The number of aliphatic hydroxyl groups excluding tert-OH is 1. The van der Waals surface area contributed by atoms with Gasteiger partial charge in [-0.3, -0.25) is 4.98 Å². The number of aryl methyl sites for hydroxylation is 1. The van der Waals surface area contributed by atoms with Gasteiger partial charge in [0.2, 0.25) is 0 Å². The van der Waals surface area contributed by atoms with Gasteiger partial charge in [-0.25, -0.2) is 0 Å². The number of benzene rings is 1. The fourth-order valence-corrected chi connectivity index (χ4v) is 1.58. The Morgan fingerprint density at radius 1 is 1.07 bits per heavy atom. The fraction of sp³-hybridized carbons (Fsp3) is 0.154. The number of rotatable bonds is 2. The van der Waals surface area contributed by atoms with Crippen molar-refractivity contribution in [2.75, 3.05) is 0 Å². The van der Waals surface area contributed by atoms with E-state index in [4.69, 9.17) is 0 Å². The molecule has 0 aliphatic carbocycles. The van der Waals surface area contributed by atoms with Crippen molar-refractivity contribution in [2.45, 2.75) is 13.0 Å². The van der Waals surface area contributed by atoms with Crippen molar-refractivity contribution in [3.05, 3.63) is 65.5 Å². The summed E-state index contributed by atoms with van der Waals surface area (Å²) in [6.07, 6.45) is 2.82. The number of hydrogen-bond acceptors (Lipinski definition) is 2. The molecule has 0 spiro atoms. The van der Waals surface area contributed by atoms with Gasteiger partial charge >= 0.3 is 0 Å². The molecule has 0 radical (unpaired) electrons. The molecule has 1 aromatic heterocycles. The van der Waals surface area contributed by atoms with Crippen LogP contribution in [0.2, 0.25) is 0 Å². The second kappa shape index (κ2) is 4.24. The number of aliphatic hydroxyl groups is 1. The lowest BCUT2D eigenvalue weighted by Gasteiger charge is -2.11. The Bertz CT molecular complexity index is 439. The zero-order valence-electron chi connectivity index (χ0n) is 8.59. The van der Waals surface area contributed by atoms with E-state index in [0.29, 0.717) is 0 Å². The zero-order valence-corrected chi connectivity index (χ0v) is 8.59. The van der Waals surface area contributed by atoms with E-state index in [-0.39, 0.29) is 0 Å².